The Hall–Kier alpha value is -3.73. The van der Waals surface area contributed by atoms with E-state index in [4.69, 9.17) is 4.99 Å². The summed E-state index contributed by atoms with van der Waals surface area (Å²) in [6, 6.07) is 25.5. The maximum Gasteiger partial charge on any atom is 0.276 e. The van der Waals surface area contributed by atoms with Crippen LogP contribution in [0, 0.1) is 0 Å². The Labute approximate surface area is 169 Å². The second-order valence-corrected chi connectivity index (χ2v) is 6.99. The van der Waals surface area contributed by atoms with Gasteiger partial charge in [0.1, 0.15) is 11.5 Å². The van der Waals surface area contributed by atoms with Crippen LogP contribution in [0.1, 0.15) is 17.2 Å². The highest BCUT2D eigenvalue weighted by Crippen LogP contribution is 2.41. The zero-order valence-corrected chi connectivity index (χ0v) is 15.8. The number of amides is 1. The van der Waals surface area contributed by atoms with E-state index in [1.165, 1.54) is 0 Å². The first-order valence-corrected chi connectivity index (χ1v) is 9.72. The molecule has 0 bridgehead atoms. The van der Waals surface area contributed by atoms with Crippen molar-refractivity contribution in [3.63, 3.8) is 0 Å². The van der Waals surface area contributed by atoms with Gasteiger partial charge in [-0.3, -0.25) is 14.7 Å². The molecule has 0 unspecified atom stereocenters. The number of rotatable bonds is 3. The summed E-state index contributed by atoms with van der Waals surface area (Å²) in [5, 5.41) is 3.34. The average molecular weight is 380 g/mol. The lowest BCUT2D eigenvalue weighted by Gasteiger charge is -2.27. The molecule has 3 aromatic rings. The summed E-state index contributed by atoms with van der Waals surface area (Å²) in [5.74, 6) is 0.562. The summed E-state index contributed by atoms with van der Waals surface area (Å²) in [5.41, 5.74) is 4.44. The molecule has 0 aliphatic carbocycles. The first-order valence-electron chi connectivity index (χ1n) is 9.72. The van der Waals surface area contributed by atoms with Crippen molar-refractivity contribution in [2.75, 3.05) is 18.0 Å². The van der Waals surface area contributed by atoms with Crippen molar-refractivity contribution in [3.05, 3.63) is 107 Å². The van der Waals surface area contributed by atoms with E-state index in [0.717, 1.165) is 22.4 Å². The molecule has 29 heavy (non-hydrogen) atoms. The van der Waals surface area contributed by atoms with Crippen LogP contribution in [0.4, 0.5) is 5.82 Å². The summed E-state index contributed by atoms with van der Waals surface area (Å²) < 4.78 is 0. The van der Waals surface area contributed by atoms with E-state index in [2.05, 4.69) is 22.4 Å². The molecule has 0 saturated carbocycles. The van der Waals surface area contributed by atoms with Crippen LogP contribution in [0.25, 0.3) is 0 Å². The van der Waals surface area contributed by atoms with Crippen LogP contribution >= 0.6 is 0 Å². The summed E-state index contributed by atoms with van der Waals surface area (Å²) in [4.78, 5) is 24.7. The maximum atomic E-state index is 13.6. The molecule has 1 aromatic heterocycles. The standard InChI is InChI=1S/C24H20N4O/c29-24-22-20(21(26-15-16-27-22)17-9-3-1-4-10-17)23(18-11-5-2-6-12-18)28(24)19-13-7-8-14-25-19/h1-14,23,27H,15-16H2/t23-/m0/s1. The smallest absolute Gasteiger partial charge is 0.276 e. The van der Waals surface area contributed by atoms with Gasteiger partial charge in [0.05, 0.1) is 18.3 Å². The largest absolute Gasteiger partial charge is 0.378 e. The Balaban J connectivity index is 1.73. The molecule has 0 fully saturated rings. The topological polar surface area (TPSA) is 57.6 Å². The third-order valence-electron chi connectivity index (χ3n) is 5.23. The van der Waals surface area contributed by atoms with Gasteiger partial charge < -0.3 is 5.32 Å². The predicted octanol–water partition coefficient (Wildman–Crippen LogP) is 3.52. The number of nitrogens with zero attached hydrogens (tertiary/aromatic N) is 3. The van der Waals surface area contributed by atoms with Crippen molar-refractivity contribution in [3.8, 4) is 0 Å². The van der Waals surface area contributed by atoms with Crippen LogP contribution in [-0.4, -0.2) is 29.7 Å². The third-order valence-corrected chi connectivity index (χ3v) is 5.23. The van der Waals surface area contributed by atoms with E-state index in [1.54, 1.807) is 11.1 Å². The van der Waals surface area contributed by atoms with Gasteiger partial charge >= 0.3 is 0 Å². The Bertz CT molecular complexity index is 1090. The molecule has 5 heteroatoms. The van der Waals surface area contributed by atoms with Crippen molar-refractivity contribution in [1.29, 1.82) is 0 Å². The number of carbonyl (C=O) groups excluding carboxylic acids is 1. The van der Waals surface area contributed by atoms with Crippen molar-refractivity contribution in [2.24, 2.45) is 4.99 Å². The van der Waals surface area contributed by atoms with Crippen LogP contribution in [0.15, 0.2) is 101 Å². The van der Waals surface area contributed by atoms with Gasteiger partial charge in [-0.05, 0) is 17.7 Å². The number of aromatic nitrogens is 1. The molecule has 5 rings (SSSR count). The van der Waals surface area contributed by atoms with Crippen LogP contribution in [0.2, 0.25) is 0 Å². The number of pyridine rings is 1. The molecule has 1 amide bonds. The predicted molar refractivity (Wildman–Crippen MR) is 114 cm³/mol. The summed E-state index contributed by atoms with van der Waals surface area (Å²) >= 11 is 0. The molecule has 142 valence electrons. The molecular weight excluding hydrogens is 360 g/mol. The first kappa shape index (κ1) is 17.4. The summed E-state index contributed by atoms with van der Waals surface area (Å²) in [6.07, 6.45) is 1.72. The van der Waals surface area contributed by atoms with Crippen LogP contribution in [-0.2, 0) is 4.79 Å². The molecule has 2 aliphatic heterocycles. The fourth-order valence-electron chi connectivity index (χ4n) is 4.00. The quantitative estimate of drug-likeness (QED) is 0.756. The fourth-order valence-corrected chi connectivity index (χ4v) is 4.00. The first-order chi connectivity index (χ1) is 14.3. The lowest BCUT2D eigenvalue weighted by molar-refractivity contribution is -0.115. The summed E-state index contributed by atoms with van der Waals surface area (Å²) in [7, 11) is 0. The molecule has 5 nitrogen and oxygen atoms in total. The zero-order valence-electron chi connectivity index (χ0n) is 15.8. The SMILES string of the molecule is O=C1C2=C(C(c3ccccc3)=NCCN2)[C@H](c2ccccc2)N1c1ccccn1. The highest BCUT2D eigenvalue weighted by atomic mass is 16.2. The molecule has 3 heterocycles. The van der Waals surface area contributed by atoms with E-state index in [1.807, 2.05) is 66.7 Å². The van der Waals surface area contributed by atoms with Gasteiger partial charge in [-0.25, -0.2) is 4.98 Å². The number of carbonyl (C=O) groups is 1. The highest BCUT2D eigenvalue weighted by molar-refractivity contribution is 6.23. The Kier molecular flexibility index (Phi) is 4.41. The summed E-state index contributed by atoms with van der Waals surface area (Å²) in [6.45, 7) is 1.24. The molecule has 1 atom stereocenters. The molecule has 2 aliphatic rings. The van der Waals surface area contributed by atoms with Crippen LogP contribution in [0.3, 0.4) is 0 Å². The Morgan fingerprint density at radius 2 is 1.62 bits per heavy atom. The lowest BCUT2D eigenvalue weighted by atomic mass is 9.91. The molecule has 0 spiro atoms. The number of hydrogen-bond donors (Lipinski definition) is 1. The molecule has 2 aromatic carbocycles. The third kappa shape index (κ3) is 3.01. The lowest BCUT2D eigenvalue weighted by Crippen LogP contribution is -2.34. The second kappa shape index (κ2) is 7.36. The zero-order chi connectivity index (χ0) is 19.6. The van der Waals surface area contributed by atoms with Crippen molar-refractivity contribution >= 4 is 17.4 Å². The molecule has 1 N–H and O–H groups in total. The monoisotopic (exact) mass is 380 g/mol. The van der Waals surface area contributed by atoms with Crippen molar-refractivity contribution in [1.82, 2.24) is 10.3 Å². The number of aliphatic imine (C=N–C) groups is 1. The molecule has 0 radical (unpaired) electrons. The average Bonchev–Trinajstić information content (AvgIpc) is 2.93. The van der Waals surface area contributed by atoms with E-state index in [9.17, 15) is 4.79 Å². The number of benzene rings is 2. The van der Waals surface area contributed by atoms with Gasteiger partial charge in [0, 0.05) is 23.9 Å². The van der Waals surface area contributed by atoms with Gasteiger partial charge in [0.15, 0.2) is 0 Å². The van der Waals surface area contributed by atoms with Gasteiger partial charge in [-0.2, -0.15) is 0 Å². The minimum absolute atomic E-state index is 0.0712. The van der Waals surface area contributed by atoms with E-state index in [0.29, 0.717) is 24.6 Å². The number of anilines is 1. The minimum atomic E-state index is -0.293. The molecular formula is C24H20N4O. The normalized spacial score (nSPS) is 18.8. The Morgan fingerprint density at radius 1 is 0.897 bits per heavy atom. The van der Waals surface area contributed by atoms with E-state index >= 15 is 0 Å². The number of nitrogens with one attached hydrogen (secondary N) is 1. The van der Waals surface area contributed by atoms with Crippen molar-refractivity contribution in [2.45, 2.75) is 6.04 Å². The number of hydrogen-bond acceptors (Lipinski definition) is 4. The van der Waals surface area contributed by atoms with Gasteiger partial charge in [-0.1, -0.05) is 66.7 Å². The molecule has 0 saturated heterocycles. The maximum absolute atomic E-state index is 13.6. The Morgan fingerprint density at radius 3 is 2.34 bits per heavy atom. The highest BCUT2D eigenvalue weighted by Gasteiger charge is 2.44. The van der Waals surface area contributed by atoms with E-state index in [-0.39, 0.29) is 11.9 Å². The van der Waals surface area contributed by atoms with Gasteiger partial charge in [-0.15, -0.1) is 0 Å². The minimum Gasteiger partial charge on any atom is -0.378 e. The fraction of sp³-hybridized carbons (Fsp3) is 0.125. The van der Waals surface area contributed by atoms with Crippen LogP contribution < -0.4 is 10.2 Å². The van der Waals surface area contributed by atoms with E-state index < -0.39 is 0 Å². The van der Waals surface area contributed by atoms with Gasteiger partial charge in [0.2, 0.25) is 0 Å². The van der Waals surface area contributed by atoms with Crippen molar-refractivity contribution < 1.29 is 4.79 Å². The second-order valence-electron chi connectivity index (χ2n) is 6.99. The van der Waals surface area contributed by atoms with Crippen LogP contribution in [0.5, 0.6) is 0 Å². The van der Waals surface area contributed by atoms with Gasteiger partial charge in [0.25, 0.3) is 5.91 Å².